The van der Waals surface area contributed by atoms with Gasteiger partial charge in [-0.25, -0.2) is 4.68 Å². The van der Waals surface area contributed by atoms with Crippen LogP contribution >= 0.6 is 0 Å². The lowest BCUT2D eigenvalue weighted by Gasteiger charge is -2.46. The second kappa shape index (κ2) is 13.7. The summed E-state index contributed by atoms with van der Waals surface area (Å²) in [4.78, 5) is 15.9. The van der Waals surface area contributed by atoms with Gasteiger partial charge in [-0.05, 0) is 53.3 Å². The van der Waals surface area contributed by atoms with Gasteiger partial charge in [0.25, 0.3) is 5.56 Å². The van der Waals surface area contributed by atoms with Crippen molar-refractivity contribution in [1.29, 1.82) is 0 Å². The molecule has 0 spiro atoms. The van der Waals surface area contributed by atoms with E-state index in [0.717, 1.165) is 38.3 Å². The van der Waals surface area contributed by atoms with Gasteiger partial charge >= 0.3 is 6.18 Å². The lowest BCUT2D eigenvalue weighted by atomic mass is 9.63. The Kier molecular flexibility index (Phi) is 8.92. The molecule has 2 heterocycles. The number of hydrogen-bond donors (Lipinski definition) is 3. The molecule has 0 amide bonds. The first-order valence-corrected chi connectivity index (χ1v) is 17.7. The number of aliphatic hydroxyl groups excluding tert-OH is 2. The van der Waals surface area contributed by atoms with Crippen LogP contribution in [0, 0.1) is 5.92 Å². The Hall–Kier alpha value is -5.64. The summed E-state index contributed by atoms with van der Waals surface area (Å²) in [5.41, 5.74) is 2.71. The number of nitrogens with zero attached hydrogens (tertiary/aromatic N) is 2. The lowest BCUT2D eigenvalue weighted by molar-refractivity contribution is -0.145. The van der Waals surface area contributed by atoms with Crippen LogP contribution in [0.2, 0.25) is 0 Å². The summed E-state index contributed by atoms with van der Waals surface area (Å²) < 4.78 is 44.4. The minimum Gasteiger partial charge on any atom is -0.392 e. The molecule has 2 unspecified atom stereocenters. The number of fused-ring (bicyclic) bond motifs is 1. The van der Waals surface area contributed by atoms with Crippen molar-refractivity contribution in [2.24, 2.45) is 5.92 Å². The molecule has 1 aliphatic carbocycles. The van der Waals surface area contributed by atoms with Crippen molar-refractivity contribution in [3.63, 3.8) is 0 Å². The average Bonchev–Trinajstić information content (AvgIpc) is 3.63. The fourth-order valence-corrected chi connectivity index (χ4v) is 8.34. The van der Waals surface area contributed by atoms with E-state index in [-0.39, 0.29) is 5.69 Å². The van der Waals surface area contributed by atoms with Crippen LogP contribution in [-0.4, -0.2) is 32.2 Å². The van der Waals surface area contributed by atoms with Gasteiger partial charge in [0.1, 0.15) is 5.69 Å². The van der Waals surface area contributed by atoms with Gasteiger partial charge in [0.05, 0.1) is 23.5 Å². The molecule has 1 aliphatic heterocycles. The molecule has 8 rings (SSSR count). The van der Waals surface area contributed by atoms with E-state index in [1.807, 2.05) is 84.9 Å². The minimum absolute atomic E-state index is 0.211. The van der Waals surface area contributed by atoms with Crippen molar-refractivity contribution in [2.75, 3.05) is 4.90 Å². The van der Waals surface area contributed by atoms with Gasteiger partial charge < -0.3 is 15.1 Å². The van der Waals surface area contributed by atoms with Crippen LogP contribution < -0.4 is 10.5 Å². The Morgan fingerprint density at radius 3 is 1.72 bits per heavy atom. The van der Waals surface area contributed by atoms with E-state index in [0.29, 0.717) is 19.4 Å². The van der Waals surface area contributed by atoms with Crippen LogP contribution in [0.3, 0.4) is 0 Å². The smallest absolute Gasteiger partial charge is 0.392 e. The van der Waals surface area contributed by atoms with Crippen molar-refractivity contribution in [2.45, 2.75) is 49.1 Å². The van der Waals surface area contributed by atoms with Gasteiger partial charge in [-0.3, -0.25) is 9.89 Å². The molecule has 5 aromatic carbocycles. The van der Waals surface area contributed by atoms with E-state index < -0.39 is 52.5 Å². The van der Waals surface area contributed by atoms with Gasteiger partial charge in [0.2, 0.25) is 0 Å². The van der Waals surface area contributed by atoms with Crippen LogP contribution in [0.1, 0.15) is 39.4 Å². The number of rotatable bonds is 9. The zero-order valence-corrected chi connectivity index (χ0v) is 28.7. The Labute approximate surface area is 305 Å². The molecule has 1 aromatic heterocycles. The molecule has 268 valence electrons. The number of aliphatic hydroxyl groups is 2. The SMILES string of the molecule is O=c1c(C2C(O)C(C=C3N(Cc4ccccc4)c4ccccc4C3(Cc3ccccc3)Cc3ccccc3)C2O)c(C(F)(F)F)[nH]n1-c1ccccc1. The number of aromatic nitrogens is 2. The van der Waals surface area contributed by atoms with Crippen LogP contribution in [0.5, 0.6) is 0 Å². The molecule has 0 radical (unpaired) electrons. The fraction of sp³-hybridized carbons (Fsp3) is 0.205. The number of para-hydroxylation sites is 2. The van der Waals surface area contributed by atoms with Crippen LogP contribution in [0.15, 0.2) is 162 Å². The van der Waals surface area contributed by atoms with Gasteiger partial charge in [-0.2, -0.15) is 13.2 Å². The Balaban J connectivity index is 1.28. The summed E-state index contributed by atoms with van der Waals surface area (Å²) in [6.45, 7) is 0.481. The van der Waals surface area contributed by atoms with Gasteiger partial charge in [0, 0.05) is 35.2 Å². The Bertz CT molecular complexity index is 2240. The minimum atomic E-state index is -4.93. The lowest BCUT2D eigenvalue weighted by Crippen LogP contribution is -2.55. The van der Waals surface area contributed by atoms with Gasteiger partial charge in [-0.1, -0.05) is 133 Å². The highest BCUT2D eigenvalue weighted by Crippen LogP contribution is 2.55. The molecule has 2 aliphatic rings. The predicted octanol–water partition coefficient (Wildman–Crippen LogP) is 7.95. The molecule has 0 saturated heterocycles. The summed E-state index contributed by atoms with van der Waals surface area (Å²) in [6, 6.07) is 46.4. The second-order valence-electron chi connectivity index (χ2n) is 14.0. The zero-order chi connectivity index (χ0) is 36.7. The highest BCUT2D eigenvalue weighted by atomic mass is 19.4. The molecule has 9 heteroatoms. The molecular weight excluding hydrogens is 675 g/mol. The number of hydrogen-bond acceptors (Lipinski definition) is 4. The van der Waals surface area contributed by atoms with Crippen LogP contribution in [0.4, 0.5) is 18.9 Å². The quantitative estimate of drug-likeness (QED) is 0.142. The zero-order valence-electron chi connectivity index (χ0n) is 28.7. The number of benzene rings is 5. The Morgan fingerprint density at radius 2 is 1.17 bits per heavy atom. The average molecular weight is 714 g/mol. The van der Waals surface area contributed by atoms with Crippen molar-refractivity contribution in [1.82, 2.24) is 9.78 Å². The molecular formula is C44H38F3N3O3. The third-order valence-corrected chi connectivity index (χ3v) is 10.8. The maximum atomic E-state index is 14.5. The van der Waals surface area contributed by atoms with Crippen LogP contribution in [0.25, 0.3) is 5.69 Å². The van der Waals surface area contributed by atoms with Crippen molar-refractivity contribution in [3.8, 4) is 5.69 Å². The van der Waals surface area contributed by atoms with Crippen molar-refractivity contribution >= 4 is 5.69 Å². The monoisotopic (exact) mass is 713 g/mol. The summed E-state index contributed by atoms with van der Waals surface area (Å²) >= 11 is 0. The number of H-pyrrole nitrogens is 1. The molecule has 6 aromatic rings. The number of aromatic amines is 1. The first kappa shape index (κ1) is 34.4. The predicted molar refractivity (Wildman–Crippen MR) is 199 cm³/mol. The normalized spacial score (nSPS) is 21.4. The summed E-state index contributed by atoms with van der Waals surface area (Å²) in [6.07, 6.45) is -4.86. The van der Waals surface area contributed by atoms with E-state index >= 15 is 0 Å². The molecule has 3 N–H and O–H groups in total. The summed E-state index contributed by atoms with van der Waals surface area (Å²) in [5.74, 6) is -2.43. The first-order valence-electron chi connectivity index (χ1n) is 17.7. The molecule has 1 fully saturated rings. The van der Waals surface area contributed by atoms with Crippen molar-refractivity contribution in [3.05, 3.63) is 201 Å². The standard InChI is InChI=1S/C44H38F3N3O3/c45-44(46,47)41-38(42(53)50(48-41)32-21-11-4-12-22-32)37-39(51)33(40(37)52)25-36-43(26-29-15-5-1-6-16-29,27-30-17-7-2-8-18-30)34-23-13-14-24-35(34)49(36)28-31-19-9-3-10-20-31/h1-25,33,37,39-40,48,51-52H,26-28H2. The molecule has 53 heavy (non-hydrogen) atoms. The molecule has 6 nitrogen and oxygen atoms in total. The number of nitrogens with one attached hydrogen (secondary N) is 1. The highest BCUT2D eigenvalue weighted by molar-refractivity contribution is 5.72. The highest BCUT2D eigenvalue weighted by Gasteiger charge is 2.56. The number of allylic oxidation sites excluding steroid dienone is 1. The van der Waals surface area contributed by atoms with Gasteiger partial charge in [0.15, 0.2) is 0 Å². The maximum Gasteiger partial charge on any atom is 0.433 e. The number of anilines is 1. The molecule has 1 saturated carbocycles. The van der Waals surface area contributed by atoms with E-state index in [9.17, 15) is 28.2 Å². The second-order valence-corrected chi connectivity index (χ2v) is 14.0. The van der Waals surface area contributed by atoms with Gasteiger partial charge in [-0.15, -0.1) is 0 Å². The van der Waals surface area contributed by atoms with Crippen molar-refractivity contribution < 1.29 is 23.4 Å². The third-order valence-electron chi connectivity index (χ3n) is 10.8. The van der Waals surface area contributed by atoms with E-state index in [1.54, 1.807) is 18.2 Å². The molecule has 2 atom stereocenters. The summed E-state index contributed by atoms with van der Waals surface area (Å²) in [7, 11) is 0. The maximum absolute atomic E-state index is 14.5. The number of alkyl halides is 3. The third kappa shape index (κ3) is 6.19. The van der Waals surface area contributed by atoms with E-state index in [4.69, 9.17) is 0 Å². The van der Waals surface area contributed by atoms with E-state index in [1.165, 1.54) is 12.1 Å². The largest absolute Gasteiger partial charge is 0.433 e. The molecule has 0 bridgehead atoms. The topological polar surface area (TPSA) is 81.5 Å². The first-order chi connectivity index (χ1) is 25.7. The van der Waals surface area contributed by atoms with E-state index in [2.05, 4.69) is 46.4 Å². The fourth-order valence-electron chi connectivity index (χ4n) is 8.34. The number of halogens is 3. The van der Waals surface area contributed by atoms with Crippen LogP contribution in [-0.2, 0) is 31.0 Å². The summed E-state index contributed by atoms with van der Waals surface area (Å²) in [5, 5.41) is 25.9. The Morgan fingerprint density at radius 1 is 0.679 bits per heavy atom.